The van der Waals surface area contributed by atoms with Crippen LogP contribution in [0.5, 0.6) is 0 Å². The quantitative estimate of drug-likeness (QED) is 0.868. The van der Waals surface area contributed by atoms with E-state index in [-0.39, 0.29) is 12.6 Å². The Labute approximate surface area is 97.5 Å². The molecule has 2 unspecified atom stereocenters. The third-order valence-electron chi connectivity index (χ3n) is 2.24. The second-order valence-electron chi connectivity index (χ2n) is 3.31. The minimum Gasteiger partial charge on any atom is -0.395 e. The predicted octanol–water partition coefficient (Wildman–Crippen LogP) is 2.93. The number of thiophene rings is 1. The molecule has 0 aliphatic carbocycles. The van der Waals surface area contributed by atoms with Crippen LogP contribution in [0, 0.1) is 0 Å². The molecule has 0 aliphatic rings. The van der Waals surface area contributed by atoms with Crippen LogP contribution >= 0.6 is 27.3 Å². The molecular weight excluding hydrogens is 262 g/mol. The van der Waals surface area contributed by atoms with E-state index < -0.39 is 0 Å². The monoisotopic (exact) mass is 277 g/mol. The largest absolute Gasteiger partial charge is 0.395 e. The molecule has 0 saturated carbocycles. The van der Waals surface area contributed by atoms with E-state index >= 15 is 0 Å². The predicted molar refractivity (Wildman–Crippen MR) is 64.7 cm³/mol. The Morgan fingerprint density at radius 3 is 2.79 bits per heavy atom. The Kier molecular flexibility index (Phi) is 5.09. The van der Waals surface area contributed by atoms with Crippen LogP contribution < -0.4 is 5.32 Å². The van der Waals surface area contributed by atoms with Gasteiger partial charge in [0, 0.05) is 21.4 Å². The first-order valence-electron chi connectivity index (χ1n) is 4.78. The van der Waals surface area contributed by atoms with Gasteiger partial charge in [0.1, 0.15) is 0 Å². The van der Waals surface area contributed by atoms with E-state index in [0.29, 0.717) is 6.04 Å². The molecule has 0 saturated heterocycles. The van der Waals surface area contributed by atoms with E-state index in [1.807, 2.05) is 0 Å². The summed E-state index contributed by atoms with van der Waals surface area (Å²) < 4.78 is 1.15. The molecule has 2 atom stereocenters. The van der Waals surface area contributed by atoms with Crippen molar-refractivity contribution in [3.8, 4) is 0 Å². The van der Waals surface area contributed by atoms with Crippen molar-refractivity contribution in [3.05, 3.63) is 20.8 Å². The maximum absolute atomic E-state index is 9.07. The van der Waals surface area contributed by atoms with Crippen molar-refractivity contribution in [1.82, 2.24) is 5.32 Å². The Morgan fingerprint density at radius 2 is 2.36 bits per heavy atom. The van der Waals surface area contributed by atoms with Gasteiger partial charge < -0.3 is 10.4 Å². The molecule has 2 N–H and O–H groups in total. The van der Waals surface area contributed by atoms with Gasteiger partial charge in [-0.2, -0.15) is 0 Å². The zero-order valence-corrected chi connectivity index (χ0v) is 10.9. The molecule has 0 spiro atoms. The Hall–Kier alpha value is 0.100. The van der Waals surface area contributed by atoms with Crippen LogP contribution in [0.25, 0.3) is 0 Å². The van der Waals surface area contributed by atoms with Crippen molar-refractivity contribution in [3.63, 3.8) is 0 Å². The van der Waals surface area contributed by atoms with Gasteiger partial charge in [-0.15, -0.1) is 11.3 Å². The first-order chi connectivity index (χ1) is 6.69. The molecule has 0 fully saturated rings. The Bertz CT molecular complexity index is 273. The van der Waals surface area contributed by atoms with E-state index in [9.17, 15) is 0 Å². The van der Waals surface area contributed by atoms with E-state index in [0.717, 1.165) is 10.9 Å². The summed E-state index contributed by atoms with van der Waals surface area (Å²) in [6.45, 7) is 4.39. The molecule has 0 radical (unpaired) electrons. The molecule has 14 heavy (non-hydrogen) atoms. The number of aliphatic hydroxyl groups excluding tert-OH is 1. The number of nitrogens with one attached hydrogen (secondary N) is 1. The summed E-state index contributed by atoms with van der Waals surface area (Å²) in [6, 6.07) is 2.54. The summed E-state index contributed by atoms with van der Waals surface area (Å²) in [7, 11) is 0. The van der Waals surface area contributed by atoms with E-state index in [4.69, 9.17) is 5.11 Å². The highest BCUT2D eigenvalue weighted by Crippen LogP contribution is 2.28. The SMILES string of the molecule is CCC(CO)NC(C)c1sccc1Br. The fraction of sp³-hybridized carbons (Fsp3) is 0.600. The van der Waals surface area contributed by atoms with Gasteiger partial charge in [-0.25, -0.2) is 0 Å². The molecule has 0 aromatic carbocycles. The highest BCUT2D eigenvalue weighted by atomic mass is 79.9. The summed E-state index contributed by atoms with van der Waals surface area (Å²) in [5.41, 5.74) is 0. The van der Waals surface area contributed by atoms with Gasteiger partial charge in [-0.3, -0.25) is 0 Å². The number of hydrogen-bond acceptors (Lipinski definition) is 3. The zero-order chi connectivity index (χ0) is 10.6. The molecule has 0 amide bonds. The van der Waals surface area contributed by atoms with Crippen LogP contribution in [0.2, 0.25) is 0 Å². The fourth-order valence-electron chi connectivity index (χ4n) is 1.34. The van der Waals surface area contributed by atoms with Crippen molar-refractivity contribution >= 4 is 27.3 Å². The smallest absolute Gasteiger partial charge is 0.0584 e. The third-order valence-corrected chi connectivity index (χ3v) is 4.29. The highest BCUT2D eigenvalue weighted by molar-refractivity contribution is 9.10. The summed E-state index contributed by atoms with van der Waals surface area (Å²) >= 11 is 5.24. The lowest BCUT2D eigenvalue weighted by Gasteiger charge is -2.19. The lowest BCUT2D eigenvalue weighted by Crippen LogP contribution is -2.33. The first kappa shape index (κ1) is 12.2. The van der Waals surface area contributed by atoms with E-state index in [1.54, 1.807) is 11.3 Å². The van der Waals surface area contributed by atoms with Crippen molar-refractivity contribution in [2.45, 2.75) is 32.4 Å². The minimum absolute atomic E-state index is 0.194. The molecule has 2 nitrogen and oxygen atoms in total. The van der Waals surface area contributed by atoms with Gasteiger partial charge in [0.2, 0.25) is 0 Å². The second-order valence-corrected chi connectivity index (χ2v) is 5.11. The van der Waals surface area contributed by atoms with Gasteiger partial charge in [0.15, 0.2) is 0 Å². The van der Waals surface area contributed by atoms with E-state index in [1.165, 1.54) is 4.88 Å². The van der Waals surface area contributed by atoms with Gasteiger partial charge in [-0.1, -0.05) is 6.92 Å². The van der Waals surface area contributed by atoms with E-state index in [2.05, 4.69) is 46.5 Å². The van der Waals surface area contributed by atoms with Crippen molar-refractivity contribution in [2.75, 3.05) is 6.61 Å². The van der Waals surface area contributed by atoms with Gasteiger partial charge in [0.25, 0.3) is 0 Å². The highest BCUT2D eigenvalue weighted by Gasteiger charge is 2.14. The summed E-state index contributed by atoms with van der Waals surface area (Å²) in [5.74, 6) is 0. The minimum atomic E-state index is 0.194. The molecule has 0 bridgehead atoms. The normalized spacial score (nSPS) is 15.4. The fourth-order valence-corrected chi connectivity index (χ4v) is 3.08. The Balaban J connectivity index is 2.58. The molecule has 80 valence electrons. The lowest BCUT2D eigenvalue weighted by molar-refractivity contribution is 0.230. The number of rotatable bonds is 5. The van der Waals surface area contributed by atoms with Crippen LogP contribution in [0.1, 0.15) is 31.2 Å². The molecule has 0 aliphatic heterocycles. The van der Waals surface area contributed by atoms with Gasteiger partial charge in [-0.05, 0) is 40.7 Å². The lowest BCUT2D eigenvalue weighted by atomic mass is 10.2. The molecule has 1 aromatic rings. The average molecular weight is 278 g/mol. The van der Waals surface area contributed by atoms with Crippen molar-refractivity contribution in [1.29, 1.82) is 0 Å². The van der Waals surface area contributed by atoms with Gasteiger partial charge >= 0.3 is 0 Å². The average Bonchev–Trinajstić information content (AvgIpc) is 2.60. The van der Waals surface area contributed by atoms with Crippen LogP contribution in [-0.4, -0.2) is 17.8 Å². The van der Waals surface area contributed by atoms with Crippen molar-refractivity contribution < 1.29 is 5.11 Å². The van der Waals surface area contributed by atoms with Crippen LogP contribution in [0.15, 0.2) is 15.9 Å². The molecule has 1 rings (SSSR count). The first-order valence-corrected chi connectivity index (χ1v) is 6.46. The number of aliphatic hydroxyl groups is 1. The summed E-state index contributed by atoms with van der Waals surface area (Å²) in [6.07, 6.45) is 0.948. The topological polar surface area (TPSA) is 32.3 Å². The van der Waals surface area contributed by atoms with Crippen LogP contribution in [-0.2, 0) is 0 Å². The molecule has 4 heteroatoms. The number of halogens is 1. The van der Waals surface area contributed by atoms with Gasteiger partial charge in [0.05, 0.1) is 6.61 Å². The standard InChI is InChI=1S/C10H16BrNOS/c1-3-8(6-13)12-7(2)10-9(11)4-5-14-10/h4-5,7-8,12-13H,3,6H2,1-2H3. The summed E-state index contributed by atoms with van der Waals surface area (Å²) in [5, 5.41) is 14.5. The molecule has 1 heterocycles. The van der Waals surface area contributed by atoms with Crippen LogP contribution in [0.4, 0.5) is 0 Å². The Morgan fingerprint density at radius 1 is 1.64 bits per heavy atom. The second kappa shape index (κ2) is 5.85. The zero-order valence-electron chi connectivity index (χ0n) is 8.46. The third kappa shape index (κ3) is 3.05. The molecular formula is C10H16BrNOS. The maximum Gasteiger partial charge on any atom is 0.0584 e. The summed E-state index contributed by atoms with van der Waals surface area (Å²) in [4.78, 5) is 1.29. The van der Waals surface area contributed by atoms with Crippen LogP contribution in [0.3, 0.4) is 0 Å². The number of hydrogen-bond donors (Lipinski definition) is 2. The molecule has 1 aromatic heterocycles. The maximum atomic E-state index is 9.07. The van der Waals surface area contributed by atoms with Crippen molar-refractivity contribution in [2.24, 2.45) is 0 Å².